The van der Waals surface area contributed by atoms with Crippen molar-refractivity contribution in [1.29, 1.82) is 0 Å². The average molecular weight is 260 g/mol. The van der Waals surface area contributed by atoms with Gasteiger partial charge in [-0.3, -0.25) is 4.68 Å². The Balaban J connectivity index is 1.58. The fourth-order valence-corrected chi connectivity index (χ4v) is 1.93. The van der Waals surface area contributed by atoms with Gasteiger partial charge < -0.3 is 5.32 Å². The third-order valence-corrected chi connectivity index (χ3v) is 3.23. The van der Waals surface area contributed by atoms with Gasteiger partial charge in [-0.05, 0) is 32.8 Å². The Bertz CT molecular complexity index is 537. The van der Waals surface area contributed by atoms with Gasteiger partial charge >= 0.3 is 0 Å². The van der Waals surface area contributed by atoms with Gasteiger partial charge in [-0.1, -0.05) is 0 Å². The molecular formula is C13H20N6. The van der Waals surface area contributed by atoms with Gasteiger partial charge in [-0.25, -0.2) is 9.67 Å². The predicted molar refractivity (Wildman–Crippen MR) is 71.6 cm³/mol. The van der Waals surface area contributed by atoms with Gasteiger partial charge in [0.25, 0.3) is 0 Å². The number of aromatic nitrogens is 5. The summed E-state index contributed by atoms with van der Waals surface area (Å²) in [5.74, 6) is 0.857. The van der Waals surface area contributed by atoms with Crippen molar-refractivity contribution < 1.29 is 0 Å². The van der Waals surface area contributed by atoms with Crippen LogP contribution in [0.25, 0.3) is 0 Å². The highest BCUT2D eigenvalue weighted by molar-refractivity contribution is 5.00. The van der Waals surface area contributed by atoms with Crippen LogP contribution < -0.4 is 5.32 Å². The summed E-state index contributed by atoms with van der Waals surface area (Å²) in [6.45, 7) is 5.68. The lowest BCUT2D eigenvalue weighted by Crippen LogP contribution is -2.16. The van der Waals surface area contributed by atoms with Crippen molar-refractivity contribution in [2.45, 2.75) is 51.9 Å². The zero-order valence-corrected chi connectivity index (χ0v) is 11.5. The van der Waals surface area contributed by atoms with Crippen LogP contribution in [0.15, 0.2) is 18.6 Å². The molecule has 1 N–H and O–H groups in total. The predicted octanol–water partition coefficient (Wildman–Crippen LogP) is 1.36. The monoisotopic (exact) mass is 260 g/mol. The van der Waals surface area contributed by atoms with E-state index in [0.29, 0.717) is 18.6 Å². The van der Waals surface area contributed by atoms with Crippen LogP contribution in [0.3, 0.4) is 0 Å². The summed E-state index contributed by atoms with van der Waals surface area (Å²) in [7, 11) is 0. The molecule has 6 nitrogen and oxygen atoms in total. The summed E-state index contributed by atoms with van der Waals surface area (Å²) in [6, 6.07) is 3.11. The molecule has 1 aliphatic rings. The summed E-state index contributed by atoms with van der Waals surface area (Å²) in [4.78, 5) is 4.31. The van der Waals surface area contributed by atoms with Gasteiger partial charge in [-0.15, -0.1) is 0 Å². The molecule has 0 aliphatic heterocycles. The minimum absolute atomic E-state index is 0.391. The standard InChI is InChI=1S/C13H20N6/c1-10(2)19-6-5-12(16-19)8-18-9-15-13(17-18)7-14-11-3-4-11/h5-6,9-11,14H,3-4,7-8H2,1-2H3. The summed E-state index contributed by atoms with van der Waals surface area (Å²) in [5, 5.41) is 12.4. The molecule has 6 heteroatoms. The van der Waals surface area contributed by atoms with Crippen molar-refractivity contribution in [1.82, 2.24) is 29.9 Å². The molecule has 1 fully saturated rings. The molecule has 0 aromatic carbocycles. The van der Waals surface area contributed by atoms with Gasteiger partial charge in [0.15, 0.2) is 5.82 Å². The molecule has 0 bridgehead atoms. The molecule has 0 spiro atoms. The second kappa shape index (κ2) is 5.13. The Hall–Kier alpha value is -1.69. The molecule has 19 heavy (non-hydrogen) atoms. The Morgan fingerprint density at radius 3 is 2.89 bits per heavy atom. The first-order valence-corrected chi connectivity index (χ1v) is 6.86. The normalized spacial score (nSPS) is 15.3. The van der Waals surface area contributed by atoms with E-state index in [4.69, 9.17) is 0 Å². The fourth-order valence-electron chi connectivity index (χ4n) is 1.93. The highest BCUT2D eigenvalue weighted by atomic mass is 15.4. The van der Waals surface area contributed by atoms with Crippen molar-refractivity contribution in [3.05, 3.63) is 30.1 Å². The average Bonchev–Trinajstić information content (AvgIpc) is 2.91. The lowest BCUT2D eigenvalue weighted by Gasteiger charge is -2.03. The number of hydrogen-bond donors (Lipinski definition) is 1. The van der Waals surface area contributed by atoms with Crippen LogP contribution in [0.4, 0.5) is 0 Å². The van der Waals surface area contributed by atoms with Gasteiger partial charge in [0.1, 0.15) is 6.33 Å². The third-order valence-electron chi connectivity index (χ3n) is 3.23. The first-order chi connectivity index (χ1) is 9.20. The van der Waals surface area contributed by atoms with Crippen molar-refractivity contribution in [3.63, 3.8) is 0 Å². The second-order valence-electron chi connectivity index (χ2n) is 5.39. The number of nitrogens with zero attached hydrogens (tertiary/aromatic N) is 5. The summed E-state index contributed by atoms with van der Waals surface area (Å²) < 4.78 is 3.80. The minimum Gasteiger partial charge on any atom is -0.307 e. The highest BCUT2D eigenvalue weighted by Crippen LogP contribution is 2.18. The van der Waals surface area contributed by atoms with Gasteiger partial charge in [-0.2, -0.15) is 10.2 Å². The smallest absolute Gasteiger partial charge is 0.164 e. The van der Waals surface area contributed by atoms with E-state index in [1.54, 1.807) is 6.33 Å². The molecule has 0 saturated heterocycles. The minimum atomic E-state index is 0.391. The molecule has 1 saturated carbocycles. The van der Waals surface area contributed by atoms with E-state index in [9.17, 15) is 0 Å². The first kappa shape index (κ1) is 12.3. The van der Waals surface area contributed by atoms with Crippen molar-refractivity contribution >= 4 is 0 Å². The van der Waals surface area contributed by atoms with E-state index in [0.717, 1.165) is 18.1 Å². The Kier molecular flexibility index (Phi) is 3.33. The zero-order valence-electron chi connectivity index (χ0n) is 11.5. The van der Waals surface area contributed by atoms with Crippen LogP contribution in [-0.4, -0.2) is 30.6 Å². The topological polar surface area (TPSA) is 60.6 Å². The third kappa shape index (κ3) is 3.20. The quantitative estimate of drug-likeness (QED) is 0.852. The van der Waals surface area contributed by atoms with E-state index in [1.165, 1.54) is 12.8 Å². The van der Waals surface area contributed by atoms with Crippen molar-refractivity contribution in [2.75, 3.05) is 0 Å². The largest absolute Gasteiger partial charge is 0.307 e. The molecule has 2 heterocycles. The summed E-state index contributed by atoms with van der Waals surface area (Å²) in [5.41, 5.74) is 1.01. The number of rotatable bonds is 6. The first-order valence-electron chi connectivity index (χ1n) is 6.86. The SMILES string of the molecule is CC(C)n1ccc(Cn2cnc(CNC3CC3)n2)n1. The molecule has 0 amide bonds. The summed E-state index contributed by atoms with van der Waals surface area (Å²) >= 11 is 0. The molecule has 2 aromatic heterocycles. The maximum absolute atomic E-state index is 4.51. The van der Waals surface area contributed by atoms with E-state index in [2.05, 4.69) is 34.3 Å². The second-order valence-corrected chi connectivity index (χ2v) is 5.39. The van der Waals surface area contributed by atoms with Crippen LogP contribution in [0.1, 0.15) is 44.2 Å². The van der Waals surface area contributed by atoms with Crippen LogP contribution in [-0.2, 0) is 13.1 Å². The van der Waals surface area contributed by atoms with Crippen LogP contribution in [0.5, 0.6) is 0 Å². The lowest BCUT2D eigenvalue weighted by atomic mass is 10.4. The molecule has 0 radical (unpaired) electrons. The van der Waals surface area contributed by atoms with E-state index >= 15 is 0 Å². The van der Waals surface area contributed by atoms with Crippen molar-refractivity contribution in [3.8, 4) is 0 Å². The molecular weight excluding hydrogens is 240 g/mol. The fraction of sp³-hybridized carbons (Fsp3) is 0.615. The van der Waals surface area contributed by atoms with Crippen LogP contribution >= 0.6 is 0 Å². The maximum atomic E-state index is 4.51. The molecule has 2 aromatic rings. The molecule has 102 valence electrons. The lowest BCUT2D eigenvalue weighted by molar-refractivity contribution is 0.520. The molecule has 3 rings (SSSR count). The van der Waals surface area contributed by atoms with Gasteiger partial charge in [0.2, 0.25) is 0 Å². The van der Waals surface area contributed by atoms with Gasteiger partial charge in [0.05, 0.1) is 18.8 Å². The number of nitrogens with one attached hydrogen (secondary N) is 1. The molecule has 0 atom stereocenters. The Morgan fingerprint density at radius 1 is 1.37 bits per heavy atom. The van der Waals surface area contributed by atoms with Crippen molar-refractivity contribution in [2.24, 2.45) is 0 Å². The molecule has 0 unspecified atom stereocenters. The highest BCUT2D eigenvalue weighted by Gasteiger charge is 2.20. The Labute approximate surface area is 112 Å². The van der Waals surface area contributed by atoms with E-state index in [-0.39, 0.29) is 0 Å². The number of hydrogen-bond acceptors (Lipinski definition) is 4. The Morgan fingerprint density at radius 2 is 2.21 bits per heavy atom. The summed E-state index contributed by atoms with van der Waals surface area (Å²) in [6.07, 6.45) is 6.35. The van der Waals surface area contributed by atoms with Crippen LogP contribution in [0.2, 0.25) is 0 Å². The zero-order chi connectivity index (χ0) is 13.2. The van der Waals surface area contributed by atoms with E-state index < -0.39 is 0 Å². The maximum Gasteiger partial charge on any atom is 0.164 e. The molecule has 1 aliphatic carbocycles. The van der Waals surface area contributed by atoms with Gasteiger partial charge in [0, 0.05) is 18.3 Å². The van der Waals surface area contributed by atoms with Crippen LogP contribution in [0, 0.1) is 0 Å². The van der Waals surface area contributed by atoms with E-state index in [1.807, 2.05) is 21.6 Å².